The average molecular weight is 210 g/mol. The molecule has 3 heteroatoms. The van der Waals surface area contributed by atoms with Crippen molar-refractivity contribution in [1.29, 1.82) is 0 Å². The molecule has 1 aromatic rings. The third-order valence-corrected chi connectivity index (χ3v) is 2.81. The van der Waals surface area contributed by atoms with Crippen LogP contribution in [0.1, 0.15) is 13.3 Å². The van der Waals surface area contributed by atoms with Gasteiger partial charge in [0.25, 0.3) is 0 Å². The van der Waals surface area contributed by atoms with Crippen LogP contribution < -0.4 is 5.32 Å². The number of halogens is 1. The number of benzene rings is 1. The van der Waals surface area contributed by atoms with Crippen LogP contribution in [0.3, 0.4) is 0 Å². The second kappa shape index (κ2) is 3.62. The maximum atomic E-state index is 11.5. The van der Waals surface area contributed by atoms with Crippen LogP contribution in [0.2, 0.25) is 5.02 Å². The number of nitrogens with one attached hydrogen (secondary N) is 1. The molecule has 0 unspecified atom stereocenters. The van der Waals surface area contributed by atoms with E-state index in [4.69, 9.17) is 11.6 Å². The fourth-order valence-corrected chi connectivity index (χ4v) is 1.58. The first kappa shape index (κ1) is 9.53. The Kier molecular flexibility index (Phi) is 2.46. The monoisotopic (exact) mass is 209 g/mol. The van der Waals surface area contributed by atoms with Crippen LogP contribution in [0.25, 0.3) is 0 Å². The van der Waals surface area contributed by atoms with Gasteiger partial charge >= 0.3 is 0 Å². The fraction of sp³-hybridized carbons (Fsp3) is 0.364. The van der Waals surface area contributed by atoms with E-state index in [0.29, 0.717) is 10.9 Å². The lowest BCUT2D eigenvalue weighted by Gasteiger charge is -2.03. The highest BCUT2D eigenvalue weighted by molar-refractivity contribution is 6.30. The molecule has 1 aliphatic carbocycles. The van der Waals surface area contributed by atoms with Gasteiger partial charge in [0, 0.05) is 16.6 Å². The second-order valence-electron chi connectivity index (χ2n) is 3.82. The first-order chi connectivity index (χ1) is 6.66. The Labute approximate surface area is 88.3 Å². The summed E-state index contributed by atoms with van der Waals surface area (Å²) < 4.78 is 0. The van der Waals surface area contributed by atoms with Crippen LogP contribution in [0, 0.1) is 11.8 Å². The summed E-state index contributed by atoms with van der Waals surface area (Å²) in [5, 5.41) is 3.55. The van der Waals surface area contributed by atoms with E-state index in [1.165, 1.54) is 0 Å². The van der Waals surface area contributed by atoms with Crippen molar-refractivity contribution in [2.75, 3.05) is 5.32 Å². The van der Waals surface area contributed by atoms with Gasteiger partial charge in [-0.2, -0.15) is 0 Å². The van der Waals surface area contributed by atoms with Gasteiger partial charge in [0.1, 0.15) is 0 Å². The smallest absolute Gasteiger partial charge is 0.227 e. The Morgan fingerprint density at radius 2 is 2.00 bits per heavy atom. The standard InChI is InChI=1S/C11H12ClNO/c1-7-6-10(7)11(14)13-9-4-2-8(12)3-5-9/h2-5,7,10H,6H2,1H3,(H,13,14)/t7-,10-/m1/s1. The zero-order valence-electron chi connectivity index (χ0n) is 7.96. The summed E-state index contributed by atoms with van der Waals surface area (Å²) in [5.74, 6) is 0.882. The van der Waals surface area contributed by atoms with Gasteiger partial charge in [-0.3, -0.25) is 4.79 Å². The van der Waals surface area contributed by atoms with E-state index >= 15 is 0 Å². The van der Waals surface area contributed by atoms with E-state index in [0.717, 1.165) is 12.1 Å². The second-order valence-corrected chi connectivity index (χ2v) is 4.25. The topological polar surface area (TPSA) is 29.1 Å². The first-order valence-electron chi connectivity index (χ1n) is 4.73. The summed E-state index contributed by atoms with van der Waals surface area (Å²) in [6.45, 7) is 2.09. The van der Waals surface area contributed by atoms with Gasteiger partial charge in [-0.05, 0) is 36.6 Å². The lowest BCUT2D eigenvalue weighted by molar-refractivity contribution is -0.117. The molecule has 0 radical (unpaired) electrons. The summed E-state index contributed by atoms with van der Waals surface area (Å²) >= 11 is 5.73. The van der Waals surface area contributed by atoms with Gasteiger partial charge in [-0.25, -0.2) is 0 Å². The SMILES string of the molecule is C[C@@H]1C[C@H]1C(=O)Nc1ccc(Cl)cc1. The third-order valence-electron chi connectivity index (χ3n) is 2.56. The van der Waals surface area contributed by atoms with Crippen molar-refractivity contribution >= 4 is 23.2 Å². The molecule has 1 N–H and O–H groups in total. The van der Waals surface area contributed by atoms with Crippen LogP contribution in [-0.2, 0) is 4.79 Å². The molecule has 1 saturated carbocycles. The van der Waals surface area contributed by atoms with Gasteiger partial charge in [-0.1, -0.05) is 18.5 Å². The normalized spacial score (nSPS) is 24.4. The van der Waals surface area contributed by atoms with Crippen molar-refractivity contribution in [2.24, 2.45) is 11.8 Å². The van der Waals surface area contributed by atoms with Crippen LogP contribution >= 0.6 is 11.6 Å². The molecule has 1 aliphatic rings. The van der Waals surface area contributed by atoms with E-state index in [9.17, 15) is 4.79 Å². The molecule has 2 atom stereocenters. The van der Waals surface area contributed by atoms with E-state index in [2.05, 4.69) is 12.2 Å². The molecule has 74 valence electrons. The molecular weight excluding hydrogens is 198 g/mol. The van der Waals surface area contributed by atoms with E-state index in [1.54, 1.807) is 12.1 Å². The predicted octanol–water partition coefficient (Wildman–Crippen LogP) is 2.93. The molecule has 14 heavy (non-hydrogen) atoms. The van der Waals surface area contributed by atoms with Crippen LogP contribution in [0.15, 0.2) is 24.3 Å². The lowest BCUT2D eigenvalue weighted by atomic mass is 10.3. The predicted molar refractivity (Wildman–Crippen MR) is 57.4 cm³/mol. The molecule has 1 fully saturated rings. The molecule has 0 spiro atoms. The summed E-state index contributed by atoms with van der Waals surface area (Å²) in [4.78, 5) is 11.5. The van der Waals surface area contributed by atoms with E-state index < -0.39 is 0 Å². The number of amides is 1. The summed E-state index contributed by atoms with van der Waals surface area (Å²) in [6, 6.07) is 7.17. The Hall–Kier alpha value is -1.02. The zero-order chi connectivity index (χ0) is 10.1. The van der Waals surface area contributed by atoms with E-state index in [1.807, 2.05) is 12.1 Å². The van der Waals surface area contributed by atoms with Gasteiger partial charge in [-0.15, -0.1) is 0 Å². The first-order valence-corrected chi connectivity index (χ1v) is 5.11. The molecule has 0 aromatic heterocycles. The summed E-state index contributed by atoms with van der Waals surface area (Å²) in [6.07, 6.45) is 1.01. The molecular formula is C11H12ClNO. The average Bonchev–Trinajstić information content (AvgIpc) is 2.87. The molecule has 2 rings (SSSR count). The number of rotatable bonds is 2. The minimum absolute atomic E-state index is 0.125. The van der Waals surface area contributed by atoms with Crippen molar-refractivity contribution < 1.29 is 4.79 Å². The van der Waals surface area contributed by atoms with E-state index in [-0.39, 0.29) is 11.8 Å². The third kappa shape index (κ3) is 2.07. The van der Waals surface area contributed by atoms with Gasteiger partial charge in [0.2, 0.25) is 5.91 Å². The van der Waals surface area contributed by atoms with Crippen molar-refractivity contribution in [2.45, 2.75) is 13.3 Å². The Morgan fingerprint density at radius 1 is 1.43 bits per heavy atom. The molecule has 0 saturated heterocycles. The summed E-state index contributed by atoms with van der Waals surface area (Å²) in [5.41, 5.74) is 0.818. The number of hydrogen-bond acceptors (Lipinski definition) is 1. The molecule has 1 amide bonds. The maximum absolute atomic E-state index is 11.5. The zero-order valence-corrected chi connectivity index (χ0v) is 8.71. The van der Waals surface area contributed by atoms with Crippen LogP contribution in [0.5, 0.6) is 0 Å². The molecule has 1 aromatic carbocycles. The highest BCUT2D eigenvalue weighted by atomic mass is 35.5. The molecule has 0 aliphatic heterocycles. The molecule has 0 bridgehead atoms. The van der Waals surface area contributed by atoms with Gasteiger partial charge in [0.15, 0.2) is 0 Å². The highest BCUT2D eigenvalue weighted by Crippen LogP contribution is 2.38. The van der Waals surface area contributed by atoms with Crippen molar-refractivity contribution in [1.82, 2.24) is 0 Å². The fourth-order valence-electron chi connectivity index (χ4n) is 1.46. The van der Waals surface area contributed by atoms with Crippen LogP contribution in [0.4, 0.5) is 5.69 Å². The van der Waals surface area contributed by atoms with Crippen molar-refractivity contribution in [3.63, 3.8) is 0 Å². The number of carbonyl (C=O) groups excluding carboxylic acids is 1. The highest BCUT2D eigenvalue weighted by Gasteiger charge is 2.38. The van der Waals surface area contributed by atoms with Gasteiger partial charge in [0.05, 0.1) is 0 Å². The largest absolute Gasteiger partial charge is 0.326 e. The minimum atomic E-state index is 0.125. The maximum Gasteiger partial charge on any atom is 0.227 e. The summed E-state index contributed by atoms with van der Waals surface area (Å²) in [7, 11) is 0. The molecule has 2 nitrogen and oxygen atoms in total. The Bertz CT molecular complexity index is 347. The number of hydrogen-bond donors (Lipinski definition) is 1. The van der Waals surface area contributed by atoms with Crippen molar-refractivity contribution in [3.05, 3.63) is 29.3 Å². The Balaban J connectivity index is 1.97. The number of anilines is 1. The number of carbonyl (C=O) groups is 1. The lowest BCUT2D eigenvalue weighted by Crippen LogP contribution is -2.14. The van der Waals surface area contributed by atoms with Crippen LogP contribution in [-0.4, -0.2) is 5.91 Å². The Morgan fingerprint density at radius 3 is 2.50 bits per heavy atom. The quantitative estimate of drug-likeness (QED) is 0.797. The van der Waals surface area contributed by atoms with Gasteiger partial charge < -0.3 is 5.32 Å². The molecule has 0 heterocycles. The van der Waals surface area contributed by atoms with Crippen molar-refractivity contribution in [3.8, 4) is 0 Å². The minimum Gasteiger partial charge on any atom is -0.326 e.